The summed E-state index contributed by atoms with van der Waals surface area (Å²) < 4.78 is 6.82. The van der Waals surface area contributed by atoms with Crippen molar-refractivity contribution in [2.45, 2.75) is 13.0 Å². The van der Waals surface area contributed by atoms with Gasteiger partial charge in [-0.05, 0) is 13.0 Å². The van der Waals surface area contributed by atoms with Gasteiger partial charge < -0.3 is 15.8 Å². The van der Waals surface area contributed by atoms with Crippen molar-refractivity contribution >= 4 is 11.6 Å². The average molecular weight is 267 g/mol. The van der Waals surface area contributed by atoms with Gasteiger partial charge >= 0.3 is 0 Å². The first kappa shape index (κ1) is 13.8. The number of nitrogens with two attached hydrogens (primary N) is 1. The zero-order chi connectivity index (χ0) is 13.5. The van der Waals surface area contributed by atoms with Gasteiger partial charge in [0.25, 0.3) is 0 Å². The number of hydrogen-bond donors (Lipinski definition) is 2. The monoisotopic (exact) mass is 267 g/mol. The van der Waals surface area contributed by atoms with Crippen LogP contribution in [0.2, 0.25) is 0 Å². The molecular formula is C12H21N5O2. The molecule has 0 aromatic carbocycles. The summed E-state index contributed by atoms with van der Waals surface area (Å²) in [5.74, 6) is -0.0370. The van der Waals surface area contributed by atoms with Crippen LogP contribution >= 0.6 is 0 Å². The van der Waals surface area contributed by atoms with Gasteiger partial charge in [0.1, 0.15) is 6.54 Å². The van der Waals surface area contributed by atoms with Gasteiger partial charge in [-0.15, -0.1) is 0 Å². The van der Waals surface area contributed by atoms with Crippen molar-refractivity contribution in [3.63, 3.8) is 0 Å². The molecule has 2 rings (SSSR count). The number of amides is 1. The van der Waals surface area contributed by atoms with E-state index in [9.17, 15) is 4.79 Å². The molecule has 0 spiro atoms. The summed E-state index contributed by atoms with van der Waals surface area (Å²) in [4.78, 5) is 14.0. The maximum atomic E-state index is 11.6. The molecule has 1 amide bonds. The minimum absolute atomic E-state index is 0.0370. The number of ether oxygens (including phenoxy) is 1. The molecule has 106 valence electrons. The second-order valence-electron chi connectivity index (χ2n) is 4.63. The van der Waals surface area contributed by atoms with Crippen molar-refractivity contribution < 1.29 is 9.53 Å². The summed E-state index contributed by atoms with van der Waals surface area (Å²) in [5.41, 5.74) is 6.10. The van der Waals surface area contributed by atoms with Gasteiger partial charge in [0.15, 0.2) is 0 Å². The molecule has 1 fully saturated rings. The number of carbonyl (C=O) groups is 1. The molecule has 0 saturated carbocycles. The van der Waals surface area contributed by atoms with Crippen LogP contribution in [0.5, 0.6) is 0 Å². The lowest BCUT2D eigenvalue weighted by atomic mass is 10.3. The molecule has 0 aliphatic carbocycles. The van der Waals surface area contributed by atoms with Gasteiger partial charge in [-0.1, -0.05) is 0 Å². The molecule has 1 saturated heterocycles. The summed E-state index contributed by atoms with van der Waals surface area (Å²) in [6, 6.07) is 0. The van der Waals surface area contributed by atoms with E-state index in [1.807, 2.05) is 0 Å². The first-order valence-corrected chi connectivity index (χ1v) is 6.59. The molecule has 1 aromatic rings. The number of rotatable bonds is 6. The highest BCUT2D eigenvalue weighted by Crippen LogP contribution is 1.98. The largest absolute Gasteiger partial charge is 0.396 e. The van der Waals surface area contributed by atoms with E-state index in [0.717, 1.165) is 39.3 Å². The number of anilines is 1. The Morgan fingerprint density at radius 1 is 1.47 bits per heavy atom. The summed E-state index contributed by atoms with van der Waals surface area (Å²) in [6.45, 7) is 5.50. The third-order valence-corrected chi connectivity index (χ3v) is 3.04. The van der Waals surface area contributed by atoms with E-state index in [1.165, 1.54) is 10.9 Å². The second kappa shape index (κ2) is 7.10. The molecule has 0 radical (unpaired) electrons. The maximum absolute atomic E-state index is 11.6. The van der Waals surface area contributed by atoms with E-state index in [-0.39, 0.29) is 12.5 Å². The predicted molar refractivity (Wildman–Crippen MR) is 71.5 cm³/mol. The zero-order valence-electron chi connectivity index (χ0n) is 11.0. The molecule has 2 heterocycles. The molecule has 0 atom stereocenters. The quantitative estimate of drug-likeness (QED) is 0.666. The van der Waals surface area contributed by atoms with Crippen molar-refractivity contribution in [2.75, 3.05) is 45.1 Å². The average Bonchev–Trinajstić information content (AvgIpc) is 2.81. The summed E-state index contributed by atoms with van der Waals surface area (Å²) in [5, 5.41) is 6.85. The molecule has 7 heteroatoms. The minimum atomic E-state index is -0.0370. The first-order valence-electron chi connectivity index (χ1n) is 6.59. The molecular weight excluding hydrogens is 246 g/mol. The summed E-state index contributed by atoms with van der Waals surface area (Å²) in [7, 11) is 0. The zero-order valence-corrected chi connectivity index (χ0v) is 11.0. The fraction of sp³-hybridized carbons (Fsp3) is 0.667. The van der Waals surface area contributed by atoms with E-state index in [4.69, 9.17) is 10.5 Å². The molecule has 7 nitrogen and oxygen atoms in total. The van der Waals surface area contributed by atoms with Gasteiger partial charge in [0.2, 0.25) is 5.91 Å². The lowest BCUT2D eigenvalue weighted by molar-refractivity contribution is -0.121. The topological polar surface area (TPSA) is 85.4 Å². The van der Waals surface area contributed by atoms with Gasteiger partial charge in [-0.3, -0.25) is 14.4 Å². The predicted octanol–water partition coefficient (Wildman–Crippen LogP) is -0.696. The van der Waals surface area contributed by atoms with Crippen molar-refractivity contribution in [1.82, 2.24) is 20.0 Å². The number of aromatic nitrogens is 2. The number of carbonyl (C=O) groups excluding carboxylic acids is 1. The van der Waals surface area contributed by atoms with E-state index in [0.29, 0.717) is 12.2 Å². The van der Waals surface area contributed by atoms with Crippen LogP contribution in [0.4, 0.5) is 5.69 Å². The smallest absolute Gasteiger partial charge is 0.241 e. The molecule has 0 unspecified atom stereocenters. The fourth-order valence-electron chi connectivity index (χ4n) is 2.02. The standard InChI is InChI=1S/C12H21N5O2/c13-11-8-15-17(9-11)10-12(18)14-2-1-3-16-4-6-19-7-5-16/h8-9H,1-7,10,13H2,(H,14,18). The Morgan fingerprint density at radius 2 is 2.26 bits per heavy atom. The van der Waals surface area contributed by atoms with Crippen LogP contribution in [-0.2, 0) is 16.1 Å². The highest BCUT2D eigenvalue weighted by molar-refractivity contribution is 5.75. The number of nitrogens with zero attached hydrogens (tertiary/aromatic N) is 3. The van der Waals surface area contributed by atoms with Crippen molar-refractivity contribution in [1.29, 1.82) is 0 Å². The van der Waals surface area contributed by atoms with E-state index >= 15 is 0 Å². The summed E-state index contributed by atoms with van der Waals surface area (Å²) in [6.07, 6.45) is 4.13. The second-order valence-corrected chi connectivity index (χ2v) is 4.63. The van der Waals surface area contributed by atoms with Crippen molar-refractivity contribution in [3.05, 3.63) is 12.4 Å². The van der Waals surface area contributed by atoms with Gasteiger partial charge in [0, 0.05) is 25.8 Å². The fourth-order valence-corrected chi connectivity index (χ4v) is 2.02. The lowest BCUT2D eigenvalue weighted by Gasteiger charge is -2.26. The first-order chi connectivity index (χ1) is 9.24. The van der Waals surface area contributed by atoms with Crippen LogP contribution in [0.15, 0.2) is 12.4 Å². The number of nitrogens with one attached hydrogen (secondary N) is 1. The van der Waals surface area contributed by atoms with E-state index in [2.05, 4.69) is 15.3 Å². The lowest BCUT2D eigenvalue weighted by Crippen LogP contribution is -2.38. The minimum Gasteiger partial charge on any atom is -0.396 e. The Morgan fingerprint density at radius 3 is 2.95 bits per heavy atom. The highest BCUT2D eigenvalue weighted by atomic mass is 16.5. The van der Waals surface area contributed by atoms with Crippen LogP contribution in [0, 0.1) is 0 Å². The van der Waals surface area contributed by atoms with E-state index in [1.54, 1.807) is 6.20 Å². The van der Waals surface area contributed by atoms with Crippen LogP contribution in [0.3, 0.4) is 0 Å². The Hall–Kier alpha value is -1.60. The highest BCUT2D eigenvalue weighted by Gasteiger charge is 2.09. The Balaban J connectivity index is 1.56. The summed E-state index contributed by atoms with van der Waals surface area (Å²) >= 11 is 0. The SMILES string of the molecule is Nc1cnn(CC(=O)NCCCN2CCOCC2)c1. The van der Waals surface area contributed by atoms with Gasteiger partial charge in [-0.2, -0.15) is 5.10 Å². The molecule has 19 heavy (non-hydrogen) atoms. The number of hydrogen-bond acceptors (Lipinski definition) is 5. The molecule has 0 bridgehead atoms. The van der Waals surface area contributed by atoms with Crippen LogP contribution in [0.25, 0.3) is 0 Å². The van der Waals surface area contributed by atoms with Gasteiger partial charge in [-0.25, -0.2) is 0 Å². The van der Waals surface area contributed by atoms with Crippen LogP contribution in [-0.4, -0.2) is 60.0 Å². The maximum Gasteiger partial charge on any atom is 0.241 e. The van der Waals surface area contributed by atoms with Gasteiger partial charge in [0.05, 0.1) is 25.1 Å². The van der Waals surface area contributed by atoms with Crippen LogP contribution < -0.4 is 11.1 Å². The Bertz CT molecular complexity index is 401. The third-order valence-electron chi connectivity index (χ3n) is 3.04. The Labute approximate surface area is 112 Å². The normalized spacial score (nSPS) is 16.4. The Kier molecular flexibility index (Phi) is 5.17. The van der Waals surface area contributed by atoms with Crippen molar-refractivity contribution in [2.24, 2.45) is 0 Å². The molecule has 1 aliphatic heterocycles. The van der Waals surface area contributed by atoms with Crippen LogP contribution in [0.1, 0.15) is 6.42 Å². The molecule has 3 N–H and O–H groups in total. The van der Waals surface area contributed by atoms with E-state index < -0.39 is 0 Å². The number of morpholine rings is 1. The van der Waals surface area contributed by atoms with Crippen molar-refractivity contribution in [3.8, 4) is 0 Å². The number of nitrogen functional groups attached to an aromatic ring is 1. The molecule has 1 aliphatic rings. The molecule has 1 aromatic heterocycles. The third kappa shape index (κ3) is 4.88.